The second-order valence-corrected chi connectivity index (χ2v) is 9.64. The zero-order valence-electron chi connectivity index (χ0n) is 18.0. The number of phenols is 2. The van der Waals surface area contributed by atoms with Crippen LogP contribution in [0.25, 0.3) is 0 Å². The first-order valence-electron chi connectivity index (χ1n) is 10.2. The molecule has 1 unspecified atom stereocenters. The first-order chi connectivity index (χ1) is 16.3. The van der Waals surface area contributed by atoms with Crippen molar-refractivity contribution in [1.29, 1.82) is 0 Å². The van der Waals surface area contributed by atoms with E-state index in [9.17, 15) is 14.8 Å². The summed E-state index contributed by atoms with van der Waals surface area (Å²) in [6.07, 6.45) is 0. The average molecular weight is 498 g/mol. The number of aromatic nitrogens is 2. The van der Waals surface area contributed by atoms with Crippen LogP contribution < -0.4 is 14.4 Å². The van der Waals surface area contributed by atoms with Crippen LogP contribution in [0.5, 0.6) is 23.0 Å². The number of halogens is 1. The maximum atomic E-state index is 14.5. The number of anilines is 1. The predicted molar refractivity (Wildman–Crippen MR) is 130 cm³/mol. The number of phenolic OH excluding ortho intramolecular Hbond substituents is 2. The molecule has 10 heteroatoms. The Balaban J connectivity index is 1.86. The van der Waals surface area contributed by atoms with Crippen LogP contribution in [0.2, 0.25) is 5.15 Å². The molecule has 1 atom stereocenters. The van der Waals surface area contributed by atoms with Gasteiger partial charge in [-0.05, 0) is 49.4 Å². The van der Waals surface area contributed by atoms with E-state index < -0.39 is 13.4 Å². The fraction of sp³-hybridized carbons (Fsp3) is 0.0833. The molecule has 4 aromatic rings. The SMILES string of the molecule is Cc1cc(Cl)nc(NC(c2ccc(O)cc2O)P(=O)(Oc2ccccc2)Oc2ccccc2)n1. The predicted octanol–water partition coefficient (Wildman–Crippen LogP) is 6.31. The molecule has 34 heavy (non-hydrogen) atoms. The molecule has 4 rings (SSSR count). The van der Waals surface area contributed by atoms with Crippen molar-refractivity contribution in [2.45, 2.75) is 12.7 Å². The van der Waals surface area contributed by atoms with Crippen LogP contribution in [0.1, 0.15) is 17.0 Å². The molecule has 3 aromatic carbocycles. The van der Waals surface area contributed by atoms with Crippen LogP contribution in [-0.4, -0.2) is 20.2 Å². The lowest BCUT2D eigenvalue weighted by molar-refractivity contribution is 0.373. The summed E-state index contributed by atoms with van der Waals surface area (Å²) < 4.78 is 26.4. The molecular formula is C24H21ClN3O5P. The Morgan fingerprint density at radius 1 is 0.882 bits per heavy atom. The van der Waals surface area contributed by atoms with Crippen molar-refractivity contribution in [3.05, 3.63) is 101 Å². The van der Waals surface area contributed by atoms with E-state index in [-0.39, 0.29) is 39.7 Å². The average Bonchev–Trinajstić information content (AvgIpc) is 2.78. The molecule has 0 fully saturated rings. The Morgan fingerprint density at radius 3 is 2.00 bits per heavy atom. The molecule has 0 aliphatic carbocycles. The molecule has 0 radical (unpaired) electrons. The number of nitrogens with one attached hydrogen (secondary N) is 1. The second kappa shape index (κ2) is 10.0. The molecule has 3 N–H and O–H groups in total. The van der Waals surface area contributed by atoms with Crippen LogP contribution in [-0.2, 0) is 4.57 Å². The summed E-state index contributed by atoms with van der Waals surface area (Å²) in [6.45, 7) is 1.73. The Morgan fingerprint density at radius 2 is 1.47 bits per heavy atom. The van der Waals surface area contributed by atoms with Gasteiger partial charge in [0.25, 0.3) is 0 Å². The number of rotatable bonds is 8. The van der Waals surface area contributed by atoms with Gasteiger partial charge in [-0.25, -0.2) is 14.5 Å². The molecule has 1 heterocycles. The Kier molecular flexibility index (Phi) is 6.91. The molecule has 0 aliphatic heterocycles. The van der Waals surface area contributed by atoms with Crippen molar-refractivity contribution in [2.75, 3.05) is 5.32 Å². The van der Waals surface area contributed by atoms with Gasteiger partial charge in [-0.1, -0.05) is 48.0 Å². The lowest BCUT2D eigenvalue weighted by Gasteiger charge is -2.29. The highest BCUT2D eigenvalue weighted by molar-refractivity contribution is 7.55. The van der Waals surface area contributed by atoms with Crippen LogP contribution in [0.15, 0.2) is 84.9 Å². The normalized spacial score (nSPS) is 12.1. The van der Waals surface area contributed by atoms with Gasteiger partial charge in [-0.3, -0.25) is 0 Å². The van der Waals surface area contributed by atoms with Crippen molar-refractivity contribution < 1.29 is 23.8 Å². The summed E-state index contributed by atoms with van der Waals surface area (Å²) in [5.74, 6) is -1.16. The van der Waals surface area contributed by atoms with Gasteiger partial charge in [-0.15, -0.1) is 0 Å². The Labute approximate surface area is 201 Å². The highest BCUT2D eigenvalue weighted by atomic mass is 35.5. The van der Waals surface area contributed by atoms with E-state index >= 15 is 0 Å². The van der Waals surface area contributed by atoms with Gasteiger partial charge in [0.15, 0.2) is 5.78 Å². The van der Waals surface area contributed by atoms with Gasteiger partial charge in [0, 0.05) is 17.3 Å². The van der Waals surface area contributed by atoms with Gasteiger partial charge in [0.1, 0.15) is 28.2 Å². The highest BCUT2D eigenvalue weighted by Gasteiger charge is 2.43. The zero-order chi connectivity index (χ0) is 24.1. The van der Waals surface area contributed by atoms with Crippen LogP contribution >= 0.6 is 19.2 Å². The lowest BCUT2D eigenvalue weighted by atomic mass is 10.2. The number of para-hydroxylation sites is 2. The standard InChI is InChI=1S/C24H21ClN3O5P/c1-16-14-22(25)27-24(26-16)28-23(20-13-12-17(29)15-21(20)30)34(31,32-18-8-4-2-5-9-18)33-19-10-6-3-7-11-19/h2-15,23,29-30H,1H3,(H,26,27,28). The Hall–Kier alpha value is -3.74. The van der Waals surface area contributed by atoms with Crippen LogP contribution in [0, 0.1) is 6.92 Å². The quantitative estimate of drug-likeness (QED) is 0.192. The molecule has 0 amide bonds. The van der Waals surface area contributed by atoms with Crippen LogP contribution in [0.4, 0.5) is 5.95 Å². The topological polar surface area (TPSA) is 114 Å². The van der Waals surface area contributed by atoms with E-state index in [1.807, 2.05) is 0 Å². The molecule has 0 saturated heterocycles. The van der Waals surface area contributed by atoms with E-state index in [2.05, 4.69) is 15.3 Å². The van der Waals surface area contributed by atoms with E-state index in [1.165, 1.54) is 12.1 Å². The monoisotopic (exact) mass is 497 g/mol. The van der Waals surface area contributed by atoms with Gasteiger partial charge in [-0.2, -0.15) is 0 Å². The summed E-state index contributed by atoms with van der Waals surface area (Å²) in [5, 5.41) is 23.6. The molecule has 8 nitrogen and oxygen atoms in total. The fourth-order valence-electron chi connectivity index (χ4n) is 3.19. The number of hydrogen-bond donors (Lipinski definition) is 3. The molecule has 0 bridgehead atoms. The van der Waals surface area contributed by atoms with Gasteiger partial charge in [0.05, 0.1) is 0 Å². The minimum Gasteiger partial charge on any atom is -0.508 e. The first kappa shape index (κ1) is 23.4. The molecule has 174 valence electrons. The van der Waals surface area contributed by atoms with Crippen molar-refractivity contribution in [1.82, 2.24) is 9.97 Å². The second-order valence-electron chi connectivity index (χ2n) is 7.29. The minimum atomic E-state index is -4.21. The fourth-order valence-corrected chi connectivity index (χ4v) is 5.34. The number of nitrogens with zero attached hydrogens (tertiary/aromatic N) is 2. The highest BCUT2D eigenvalue weighted by Crippen LogP contribution is 2.61. The van der Waals surface area contributed by atoms with Gasteiger partial charge in [0.2, 0.25) is 5.95 Å². The van der Waals surface area contributed by atoms with Gasteiger partial charge >= 0.3 is 7.60 Å². The molecule has 1 aromatic heterocycles. The maximum absolute atomic E-state index is 14.5. The maximum Gasteiger partial charge on any atom is 0.457 e. The first-order valence-corrected chi connectivity index (χ1v) is 12.2. The molecule has 0 saturated carbocycles. The summed E-state index contributed by atoms with van der Waals surface area (Å²) in [7, 11) is -4.21. The molecule has 0 aliphatic rings. The summed E-state index contributed by atoms with van der Waals surface area (Å²) in [5.41, 5.74) is 0.702. The lowest BCUT2D eigenvalue weighted by Crippen LogP contribution is -2.20. The molecular weight excluding hydrogens is 477 g/mol. The number of hydrogen-bond acceptors (Lipinski definition) is 8. The van der Waals surface area contributed by atoms with E-state index in [0.29, 0.717) is 5.69 Å². The summed E-state index contributed by atoms with van der Waals surface area (Å²) in [4.78, 5) is 8.46. The smallest absolute Gasteiger partial charge is 0.457 e. The van der Waals surface area contributed by atoms with E-state index in [4.69, 9.17) is 20.6 Å². The third kappa shape index (κ3) is 5.60. The van der Waals surface area contributed by atoms with E-state index in [1.54, 1.807) is 73.7 Å². The zero-order valence-corrected chi connectivity index (χ0v) is 19.6. The van der Waals surface area contributed by atoms with Crippen molar-refractivity contribution >= 4 is 25.1 Å². The van der Waals surface area contributed by atoms with E-state index in [0.717, 1.165) is 6.07 Å². The number of aromatic hydroxyl groups is 2. The van der Waals surface area contributed by atoms with Crippen molar-refractivity contribution in [3.63, 3.8) is 0 Å². The van der Waals surface area contributed by atoms with Crippen molar-refractivity contribution in [2.24, 2.45) is 0 Å². The summed E-state index contributed by atoms with van der Waals surface area (Å²) >= 11 is 6.10. The third-order valence-electron chi connectivity index (χ3n) is 4.67. The minimum absolute atomic E-state index is 0.0519. The summed E-state index contributed by atoms with van der Waals surface area (Å²) in [6, 6.07) is 22.5. The van der Waals surface area contributed by atoms with Crippen LogP contribution in [0.3, 0.4) is 0 Å². The Bertz CT molecular complexity index is 1260. The number of benzene rings is 3. The molecule has 0 spiro atoms. The number of aryl methyl sites for hydroxylation is 1. The largest absolute Gasteiger partial charge is 0.508 e. The third-order valence-corrected chi connectivity index (χ3v) is 6.83. The van der Waals surface area contributed by atoms with Crippen molar-refractivity contribution in [3.8, 4) is 23.0 Å². The van der Waals surface area contributed by atoms with Gasteiger partial charge < -0.3 is 24.6 Å².